The molecule has 1 aliphatic rings. The predicted molar refractivity (Wildman–Crippen MR) is 66.6 cm³/mol. The lowest BCUT2D eigenvalue weighted by molar-refractivity contribution is 0.0631. The normalized spacial score (nSPS) is 21.9. The molecule has 17 heavy (non-hydrogen) atoms. The van der Waals surface area contributed by atoms with Crippen LogP contribution >= 0.6 is 0 Å². The largest absolute Gasteiger partial charge is 0.382 e. The molecule has 5 nitrogen and oxygen atoms in total. The first-order valence-corrected chi connectivity index (χ1v) is 6.51. The van der Waals surface area contributed by atoms with Crippen molar-refractivity contribution in [3.63, 3.8) is 0 Å². The summed E-state index contributed by atoms with van der Waals surface area (Å²) in [5, 5.41) is 0. The number of nitrogens with one attached hydrogen (secondary N) is 1. The monoisotopic (exact) mass is 246 g/mol. The smallest absolute Gasteiger partial charge is 0.0700 e. The molecule has 1 heterocycles. The van der Waals surface area contributed by atoms with Gasteiger partial charge in [0, 0.05) is 26.4 Å². The number of rotatable bonds is 10. The van der Waals surface area contributed by atoms with Crippen molar-refractivity contribution >= 4 is 0 Å². The molecule has 102 valence electrons. The quantitative estimate of drug-likeness (QED) is 0.339. The molecule has 2 atom stereocenters. The van der Waals surface area contributed by atoms with E-state index in [1.54, 1.807) is 7.11 Å². The van der Waals surface area contributed by atoms with Gasteiger partial charge >= 0.3 is 0 Å². The van der Waals surface area contributed by atoms with Crippen LogP contribution < -0.4 is 11.3 Å². The highest BCUT2D eigenvalue weighted by Gasteiger charge is 2.17. The third-order valence-electron chi connectivity index (χ3n) is 3.14. The minimum absolute atomic E-state index is 0.321. The standard InChI is InChI=1S/C12H26N2O3/c1-15-9-10-16-8-6-11(14-13)4-5-12-3-2-7-17-12/h11-12,14H,2-10,13H2,1H3. The lowest BCUT2D eigenvalue weighted by Gasteiger charge is -2.17. The molecule has 0 aromatic rings. The summed E-state index contributed by atoms with van der Waals surface area (Å²) < 4.78 is 15.9. The summed E-state index contributed by atoms with van der Waals surface area (Å²) in [7, 11) is 1.68. The Balaban J connectivity index is 1.98. The Morgan fingerprint density at radius 2 is 2.24 bits per heavy atom. The maximum atomic E-state index is 5.59. The highest BCUT2D eigenvalue weighted by atomic mass is 16.5. The Morgan fingerprint density at radius 3 is 2.88 bits per heavy atom. The molecule has 1 fully saturated rings. The van der Waals surface area contributed by atoms with Gasteiger partial charge in [0.15, 0.2) is 0 Å². The summed E-state index contributed by atoms with van der Waals surface area (Å²) in [5.74, 6) is 5.53. The van der Waals surface area contributed by atoms with E-state index in [-0.39, 0.29) is 0 Å². The first kappa shape index (κ1) is 14.9. The van der Waals surface area contributed by atoms with E-state index in [4.69, 9.17) is 20.1 Å². The summed E-state index contributed by atoms with van der Waals surface area (Å²) in [6.45, 7) is 2.95. The molecule has 1 rings (SSSR count). The minimum atomic E-state index is 0.321. The number of methoxy groups -OCH3 is 1. The van der Waals surface area contributed by atoms with Gasteiger partial charge in [-0.05, 0) is 32.1 Å². The fraction of sp³-hybridized carbons (Fsp3) is 1.00. The van der Waals surface area contributed by atoms with E-state index in [1.807, 2.05) is 0 Å². The lowest BCUT2D eigenvalue weighted by Crippen LogP contribution is -2.36. The molecule has 0 aliphatic carbocycles. The van der Waals surface area contributed by atoms with Crippen molar-refractivity contribution in [3.05, 3.63) is 0 Å². The molecular weight excluding hydrogens is 220 g/mol. The van der Waals surface area contributed by atoms with Crippen molar-refractivity contribution in [2.24, 2.45) is 5.84 Å². The minimum Gasteiger partial charge on any atom is -0.382 e. The Hall–Kier alpha value is -0.200. The molecular formula is C12H26N2O3. The fourth-order valence-electron chi connectivity index (χ4n) is 2.04. The van der Waals surface area contributed by atoms with Crippen LogP contribution in [-0.4, -0.2) is 45.7 Å². The molecule has 0 aromatic heterocycles. The van der Waals surface area contributed by atoms with Crippen LogP contribution in [0.1, 0.15) is 32.1 Å². The van der Waals surface area contributed by atoms with Crippen LogP contribution in [0, 0.1) is 0 Å². The number of hydrogen-bond donors (Lipinski definition) is 2. The molecule has 5 heteroatoms. The number of ether oxygens (including phenoxy) is 3. The summed E-state index contributed by atoms with van der Waals surface area (Å²) in [6.07, 6.45) is 5.92. The van der Waals surface area contributed by atoms with Gasteiger partial charge in [0.05, 0.1) is 19.3 Å². The molecule has 0 aromatic carbocycles. The second-order valence-electron chi connectivity index (χ2n) is 4.47. The van der Waals surface area contributed by atoms with E-state index in [1.165, 1.54) is 12.8 Å². The maximum Gasteiger partial charge on any atom is 0.0700 e. The average Bonchev–Trinajstić information content (AvgIpc) is 2.86. The van der Waals surface area contributed by atoms with Crippen molar-refractivity contribution in [2.75, 3.05) is 33.5 Å². The summed E-state index contributed by atoms with van der Waals surface area (Å²) in [4.78, 5) is 0. The van der Waals surface area contributed by atoms with Crippen LogP contribution in [0.3, 0.4) is 0 Å². The summed E-state index contributed by atoms with van der Waals surface area (Å²) in [5.41, 5.74) is 2.85. The van der Waals surface area contributed by atoms with Crippen LogP contribution in [0.15, 0.2) is 0 Å². The van der Waals surface area contributed by atoms with Gasteiger partial charge in [-0.1, -0.05) is 0 Å². The highest BCUT2D eigenvalue weighted by Crippen LogP contribution is 2.18. The van der Waals surface area contributed by atoms with Crippen LogP contribution in [-0.2, 0) is 14.2 Å². The molecule has 0 amide bonds. The van der Waals surface area contributed by atoms with Gasteiger partial charge in [0.2, 0.25) is 0 Å². The molecule has 0 saturated carbocycles. The van der Waals surface area contributed by atoms with Crippen LogP contribution in [0.4, 0.5) is 0 Å². The zero-order chi connectivity index (χ0) is 12.3. The van der Waals surface area contributed by atoms with Crippen molar-refractivity contribution < 1.29 is 14.2 Å². The maximum absolute atomic E-state index is 5.59. The van der Waals surface area contributed by atoms with E-state index >= 15 is 0 Å². The van der Waals surface area contributed by atoms with Crippen LogP contribution in [0.2, 0.25) is 0 Å². The van der Waals surface area contributed by atoms with E-state index in [0.29, 0.717) is 25.4 Å². The second kappa shape index (κ2) is 9.79. The number of hydrogen-bond acceptors (Lipinski definition) is 5. The molecule has 2 unspecified atom stereocenters. The lowest BCUT2D eigenvalue weighted by atomic mass is 10.0. The van der Waals surface area contributed by atoms with Crippen molar-refractivity contribution in [1.82, 2.24) is 5.43 Å². The van der Waals surface area contributed by atoms with Gasteiger partial charge in [-0.25, -0.2) is 0 Å². The van der Waals surface area contributed by atoms with Gasteiger partial charge < -0.3 is 14.2 Å². The van der Waals surface area contributed by atoms with Crippen molar-refractivity contribution in [1.29, 1.82) is 0 Å². The zero-order valence-electron chi connectivity index (χ0n) is 10.8. The van der Waals surface area contributed by atoms with Gasteiger partial charge in [-0.2, -0.15) is 0 Å². The third kappa shape index (κ3) is 6.95. The second-order valence-corrected chi connectivity index (χ2v) is 4.47. The molecule has 0 bridgehead atoms. The zero-order valence-corrected chi connectivity index (χ0v) is 10.8. The van der Waals surface area contributed by atoms with E-state index in [9.17, 15) is 0 Å². The Labute approximate surface area is 104 Å². The topological polar surface area (TPSA) is 65.7 Å². The first-order valence-electron chi connectivity index (χ1n) is 6.51. The average molecular weight is 246 g/mol. The molecule has 3 N–H and O–H groups in total. The van der Waals surface area contributed by atoms with E-state index in [0.717, 1.165) is 32.5 Å². The summed E-state index contributed by atoms with van der Waals surface area (Å²) >= 11 is 0. The fourth-order valence-corrected chi connectivity index (χ4v) is 2.04. The van der Waals surface area contributed by atoms with Crippen LogP contribution in [0.25, 0.3) is 0 Å². The summed E-state index contributed by atoms with van der Waals surface area (Å²) in [6, 6.07) is 0.321. The highest BCUT2D eigenvalue weighted by molar-refractivity contribution is 4.70. The SMILES string of the molecule is COCCOCCC(CCC1CCCO1)NN. The van der Waals surface area contributed by atoms with Gasteiger partial charge in [-0.3, -0.25) is 11.3 Å². The predicted octanol–water partition coefficient (Wildman–Crippen LogP) is 0.831. The van der Waals surface area contributed by atoms with Crippen molar-refractivity contribution in [2.45, 2.75) is 44.2 Å². The number of hydrazine groups is 1. The van der Waals surface area contributed by atoms with E-state index in [2.05, 4.69) is 5.43 Å². The molecule has 1 aliphatic heterocycles. The van der Waals surface area contributed by atoms with Gasteiger partial charge in [0.1, 0.15) is 0 Å². The van der Waals surface area contributed by atoms with E-state index < -0.39 is 0 Å². The molecule has 0 radical (unpaired) electrons. The third-order valence-corrected chi connectivity index (χ3v) is 3.14. The van der Waals surface area contributed by atoms with Crippen LogP contribution in [0.5, 0.6) is 0 Å². The Morgan fingerprint density at radius 1 is 1.35 bits per heavy atom. The van der Waals surface area contributed by atoms with Gasteiger partial charge in [0.25, 0.3) is 0 Å². The molecule has 0 spiro atoms. The van der Waals surface area contributed by atoms with Crippen molar-refractivity contribution in [3.8, 4) is 0 Å². The number of nitrogens with two attached hydrogens (primary N) is 1. The van der Waals surface area contributed by atoms with Gasteiger partial charge in [-0.15, -0.1) is 0 Å². The Bertz CT molecular complexity index is 175. The Kier molecular flexibility index (Phi) is 8.56. The molecule has 1 saturated heterocycles. The first-order chi connectivity index (χ1) is 8.36.